The third-order valence-corrected chi connectivity index (χ3v) is 3.45. The van der Waals surface area contributed by atoms with Crippen molar-refractivity contribution >= 4 is 17.5 Å². The van der Waals surface area contributed by atoms with Crippen molar-refractivity contribution in [2.24, 2.45) is 13.0 Å². The first-order valence-corrected chi connectivity index (χ1v) is 5.87. The van der Waals surface area contributed by atoms with Crippen LogP contribution in [0.2, 0.25) is 0 Å². The summed E-state index contributed by atoms with van der Waals surface area (Å²) in [4.78, 5) is 17.7. The normalized spacial score (nSPS) is 23.9. The van der Waals surface area contributed by atoms with Crippen molar-refractivity contribution < 1.29 is 4.79 Å². The van der Waals surface area contributed by atoms with Gasteiger partial charge in [-0.2, -0.15) is 0 Å². The van der Waals surface area contributed by atoms with E-state index in [1.165, 1.54) is 0 Å². The lowest BCUT2D eigenvalue weighted by Gasteiger charge is -2.34. The quantitative estimate of drug-likeness (QED) is 0.753. The minimum atomic E-state index is 0.0259. The predicted molar refractivity (Wildman–Crippen MR) is 62.5 cm³/mol. The number of aromatic nitrogens is 2. The van der Waals surface area contributed by atoms with Gasteiger partial charge in [0.15, 0.2) is 0 Å². The zero-order valence-electron chi connectivity index (χ0n) is 9.56. The van der Waals surface area contributed by atoms with E-state index in [0.717, 1.165) is 19.4 Å². The summed E-state index contributed by atoms with van der Waals surface area (Å²) < 4.78 is 1.74. The molecule has 1 fully saturated rings. The van der Waals surface area contributed by atoms with Crippen LogP contribution in [0.5, 0.6) is 0 Å². The number of aryl methyl sites for hydroxylation is 1. The molecule has 1 aromatic heterocycles. The summed E-state index contributed by atoms with van der Waals surface area (Å²) in [5.41, 5.74) is 0.629. The highest BCUT2D eigenvalue weighted by atomic mass is 35.5. The Kier molecular flexibility index (Phi) is 3.19. The van der Waals surface area contributed by atoms with Gasteiger partial charge in [0, 0.05) is 26.0 Å². The molecule has 0 spiro atoms. The van der Waals surface area contributed by atoms with Crippen LogP contribution in [0.3, 0.4) is 0 Å². The summed E-state index contributed by atoms with van der Waals surface area (Å²) in [6, 6.07) is 0. The molecule has 1 amide bonds. The number of rotatable bonds is 3. The molecule has 5 heteroatoms. The van der Waals surface area contributed by atoms with Crippen LogP contribution in [-0.2, 0) is 7.05 Å². The fourth-order valence-corrected chi connectivity index (χ4v) is 2.54. The van der Waals surface area contributed by atoms with Crippen molar-refractivity contribution in [3.8, 4) is 0 Å². The molecule has 1 saturated carbocycles. The van der Waals surface area contributed by atoms with Gasteiger partial charge in [0.25, 0.3) is 5.91 Å². The van der Waals surface area contributed by atoms with Crippen LogP contribution < -0.4 is 0 Å². The van der Waals surface area contributed by atoms with Crippen LogP contribution >= 0.6 is 11.6 Å². The summed E-state index contributed by atoms with van der Waals surface area (Å²) >= 11 is 5.91. The van der Waals surface area contributed by atoms with E-state index in [2.05, 4.69) is 4.98 Å². The van der Waals surface area contributed by atoms with Gasteiger partial charge in [-0.3, -0.25) is 4.79 Å². The summed E-state index contributed by atoms with van der Waals surface area (Å²) in [7, 11) is 3.66. The van der Waals surface area contributed by atoms with Crippen LogP contribution in [0.4, 0.5) is 0 Å². The first-order valence-electron chi connectivity index (χ1n) is 5.43. The van der Waals surface area contributed by atoms with E-state index < -0.39 is 0 Å². The van der Waals surface area contributed by atoms with Crippen LogP contribution in [0, 0.1) is 5.92 Å². The SMILES string of the molecule is CN(CC1CC(Cl)C1)C(=O)c1cncn1C. The lowest BCUT2D eigenvalue weighted by atomic mass is 9.84. The minimum absolute atomic E-state index is 0.0259. The van der Waals surface area contributed by atoms with Crippen molar-refractivity contribution in [1.82, 2.24) is 14.5 Å². The number of halogens is 1. The number of amides is 1. The van der Waals surface area contributed by atoms with Gasteiger partial charge < -0.3 is 9.47 Å². The molecule has 88 valence electrons. The maximum atomic E-state index is 12.0. The molecule has 0 aromatic carbocycles. The van der Waals surface area contributed by atoms with Gasteiger partial charge in [-0.15, -0.1) is 11.6 Å². The van der Waals surface area contributed by atoms with E-state index in [0.29, 0.717) is 17.0 Å². The summed E-state index contributed by atoms with van der Waals surface area (Å²) in [5, 5.41) is 0.310. The Morgan fingerprint density at radius 1 is 1.69 bits per heavy atom. The Morgan fingerprint density at radius 3 is 2.88 bits per heavy atom. The third-order valence-electron chi connectivity index (χ3n) is 3.09. The van der Waals surface area contributed by atoms with Crippen LogP contribution in [0.1, 0.15) is 23.3 Å². The number of hydrogen-bond acceptors (Lipinski definition) is 2. The van der Waals surface area contributed by atoms with Gasteiger partial charge >= 0.3 is 0 Å². The van der Waals surface area contributed by atoms with E-state index >= 15 is 0 Å². The zero-order valence-corrected chi connectivity index (χ0v) is 10.3. The second kappa shape index (κ2) is 4.45. The van der Waals surface area contributed by atoms with E-state index in [1.807, 2.05) is 14.1 Å². The van der Waals surface area contributed by atoms with Crippen molar-refractivity contribution in [2.75, 3.05) is 13.6 Å². The molecule has 0 unspecified atom stereocenters. The van der Waals surface area contributed by atoms with E-state index in [4.69, 9.17) is 11.6 Å². The molecule has 0 aliphatic heterocycles. The third kappa shape index (κ3) is 2.21. The van der Waals surface area contributed by atoms with Gasteiger partial charge in [-0.1, -0.05) is 0 Å². The predicted octanol–water partition coefficient (Wildman–Crippen LogP) is 1.51. The number of carbonyl (C=O) groups excluding carboxylic acids is 1. The van der Waals surface area contributed by atoms with Crippen LogP contribution in [0.25, 0.3) is 0 Å². The number of nitrogens with zero attached hydrogens (tertiary/aromatic N) is 3. The molecule has 0 atom stereocenters. The zero-order chi connectivity index (χ0) is 11.7. The van der Waals surface area contributed by atoms with Crippen LogP contribution in [-0.4, -0.2) is 39.3 Å². The van der Waals surface area contributed by atoms with E-state index in [1.54, 1.807) is 22.0 Å². The fraction of sp³-hybridized carbons (Fsp3) is 0.636. The largest absolute Gasteiger partial charge is 0.340 e. The highest BCUT2D eigenvalue weighted by Crippen LogP contribution is 2.32. The Labute approximate surface area is 100 Å². The average molecular weight is 242 g/mol. The van der Waals surface area contributed by atoms with E-state index in [9.17, 15) is 4.79 Å². The number of imidazole rings is 1. The Morgan fingerprint density at radius 2 is 2.38 bits per heavy atom. The molecular formula is C11H16ClN3O. The Balaban J connectivity index is 1.92. The van der Waals surface area contributed by atoms with E-state index in [-0.39, 0.29) is 5.91 Å². The standard InChI is InChI=1S/C11H16ClN3O/c1-14(6-8-3-9(12)4-8)11(16)10-5-13-7-15(10)2/h5,7-9H,3-4,6H2,1-2H3. The Hall–Kier alpha value is -1.03. The summed E-state index contributed by atoms with van der Waals surface area (Å²) in [6.45, 7) is 0.785. The molecule has 2 rings (SSSR count). The maximum Gasteiger partial charge on any atom is 0.271 e. The first kappa shape index (κ1) is 11.5. The van der Waals surface area contributed by atoms with Gasteiger partial charge in [0.2, 0.25) is 0 Å². The molecule has 0 N–H and O–H groups in total. The topological polar surface area (TPSA) is 38.1 Å². The maximum absolute atomic E-state index is 12.0. The monoisotopic (exact) mass is 241 g/mol. The van der Waals surface area contributed by atoms with Crippen LogP contribution in [0.15, 0.2) is 12.5 Å². The van der Waals surface area contributed by atoms with Crippen molar-refractivity contribution in [2.45, 2.75) is 18.2 Å². The molecule has 0 saturated heterocycles. The van der Waals surface area contributed by atoms with Crippen molar-refractivity contribution in [1.29, 1.82) is 0 Å². The molecule has 1 aliphatic carbocycles. The highest BCUT2D eigenvalue weighted by molar-refractivity contribution is 6.21. The molecule has 1 aliphatic rings. The molecular weight excluding hydrogens is 226 g/mol. The summed E-state index contributed by atoms with van der Waals surface area (Å²) in [5.74, 6) is 0.586. The molecule has 1 aromatic rings. The second-order valence-electron chi connectivity index (χ2n) is 4.51. The second-order valence-corrected chi connectivity index (χ2v) is 5.13. The molecule has 16 heavy (non-hydrogen) atoms. The lowest BCUT2D eigenvalue weighted by Crippen LogP contribution is -2.38. The Bertz CT molecular complexity index is 384. The smallest absolute Gasteiger partial charge is 0.271 e. The number of carbonyl (C=O) groups is 1. The fourth-order valence-electron chi connectivity index (χ4n) is 2.03. The summed E-state index contributed by atoms with van der Waals surface area (Å²) in [6.07, 6.45) is 5.28. The van der Waals surface area contributed by atoms with Gasteiger partial charge in [0.1, 0.15) is 5.69 Å². The average Bonchev–Trinajstić information content (AvgIpc) is 2.61. The highest BCUT2D eigenvalue weighted by Gasteiger charge is 2.29. The van der Waals surface area contributed by atoms with Crippen molar-refractivity contribution in [3.63, 3.8) is 0 Å². The molecule has 4 nitrogen and oxygen atoms in total. The first-order chi connectivity index (χ1) is 7.58. The lowest BCUT2D eigenvalue weighted by molar-refractivity contribution is 0.0737. The van der Waals surface area contributed by atoms with Gasteiger partial charge in [-0.05, 0) is 18.8 Å². The van der Waals surface area contributed by atoms with Crippen molar-refractivity contribution in [3.05, 3.63) is 18.2 Å². The molecule has 0 bridgehead atoms. The number of hydrogen-bond donors (Lipinski definition) is 0. The molecule has 0 radical (unpaired) electrons. The number of alkyl halides is 1. The minimum Gasteiger partial charge on any atom is -0.340 e. The van der Waals surface area contributed by atoms with Gasteiger partial charge in [-0.25, -0.2) is 4.98 Å². The van der Waals surface area contributed by atoms with Gasteiger partial charge in [0.05, 0.1) is 12.5 Å². The molecule has 1 heterocycles.